The smallest absolute Gasteiger partial charge is 0.335 e. The predicted octanol–water partition coefficient (Wildman–Crippen LogP) is 4.38. The van der Waals surface area contributed by atoms with E-state index in [1.165, 1.54) is 35.0 Å². The molecule has 1 aromatic heterocycles. The number of carboxylic acids is 1. The zero-order valence-electron chi connectivity index (χ0n) is 19.9. The second-order valence-electron chi connectivity index (χ2n) is 9.12. The van der Waals surface area contributed by atoms with Crippen LogP contribution in [0.15, 0.2) is 59.5 Å². The Kier molecular flexibility index (Phi) is 7.26. The van der Waals surface area contributed by atoms with Crippen molar-refractivity contribution in [3.05, 3.63) is 86.8 Å². The van der Waals surface area contributed by atoms with E-state index in [1.807, 2.05) is 38.1 Å². The molecule has 0 bridgehead atoms. The molecule has 1 aliphatic rings. The second kappa shape index (κ2) is 10.4. The van der Waals surface area contributed by atoms with E-state index in [-0.39, 0.29) is 28.0 Å². The highest BCUT2D eigenvalue weighted by molar-refractivity contribution is 6.34. The van der Waals surface area contributed by atoms with Crippen LogP contribution < -0.4 is 16.2 Å². The van der Waals surface area contributed by atoms with Crippen LogP contribution in [-0.2, 0) is 11.2 Å². The summed E-state index contributed by atoms with van der Waals surface area (Å²) in [7, 11) is 0. The maximum Gasteiger partial charge on any atom is 0.335 e. The highest BCUT2D eigenvalue weighted by atomic mass is 35.5. The molecule has 0 spiro atoms. The van der Waals surface area contributed by atoms with E-state index >= 15 is 0 Å². The molecule has 36 heavy (non-hydrogen) atoms. The Morgan fingerprint density at radius 1 is 1.08 bits per heavy atom. The number of aromatic carboxylic acids is 1. The highest BCUT2D eigenvalue weighted by Gasteiger charge is 2.29. The van der Waals surface area contributed by atoms with Gasteiger partial charge in [-0.15, -0.1) is 0 Å². The summed E-state index contributed by atoms with van der Waals surface area (Å²) in [4.78, 5) is 51.0. The number of rotatable bonds is 6. The fourth-order valence-corrected chi connectivity index (χ4v) is 4.67. The molecule has 0 saturated heterocycles. The fraction of sp³-hybridized carbons (Fsp3) is 0.259. The molecule has 0 saturated carbocycles. The maximum atomic E-state index is 13.5. The standard InChI is InChI=1S/C27H26ClN3O5/c1-15(2)13-21(25(33)30-18-9-7-17(8-10-18)27(35)36)31-14-20-22(23(28)26(31)34)19-6-4-3-5-16(19)11-12-29-24(20)32/h3-10,14-15,21H,11-13H2,1-2H3,(H,29,32)(H,30,33)(H,35,36). The molecule has 2 aromatic carbocycles. The maximum absolute atomic E-state index is 13.5. The molecule has 1 aliphatic heterocycles. The van der Waals surface area contributed by atoms with Crippen molar-refractivity contribution < 1.29 is 19.5 Å². The van der Waals surface area contributed by atoms with E-state index < -0.39 is 23.5 Å². The van der Waals surface area contributed by atoms with Crippen LogP contribution in [0.3, 0.4) is 0 Å². The average molecular weight is 508 g/mol. The van der Waals surface area contributed by atoms with Crippen LogP contribution in [-0.4, -0.2) is 34.0 Å². The molecule has 3 aromatic rings. The zero-order valence-corrected chi connectivity index (χ0v) is 20.6. The van der Waals surface area contributed by atoms with Gasteiger partial charge in [0.2, 0.25) is 5.91 Å². The van der Waals surface area contributed by atoms with Crippen LogP contribution in [0.2, 0.25) is 5.02 Å². The lowest BCUT2D eigenvalue weighted by molar-refractivity contribution is -0.119. The SMILES string of the molecule is CC(C)CC(C(=O)Nc1ccc(C(=O)O)cc1)n1cc2c(c(Cl)c1=O)-c1ccccc1CCNC2=O. The van der Waals surface area contributed by atoms with E-state index in [2.05, 4.69) is 10.6 Å². The number of hydrogen-bond acceptors (Lipinski definition) is 4. The molecular weight excluding hydrogens is 482 g/mol. The van der Waals surface area contributed by atoms with Gasteiger partial charge in [0, 0.05) is 24.0 Å². The average Bonchev–Trinajstić information content (AvgIpc) is 2.84. The third kappa shape index (κ3) is 5.04. The van der Waals surface area contributed by atoms with Crippen molar-refractivity contribution in [1.29, 1.82) is 0 Å². The first-order valence-electron chi connectivity index (χ1n) is 11.6. The Morgan fingerprint density at radius 3 is 2.44 bits per heavy atom. The van der Waals surface area contributed by atoms with Crippen LogP contribution in [0.25, 0.3) is 11.1 Å². The van der Waals surface area contributed by atoms with Crippen molar-refractivity contribution >= 4 is 35.1 Å². The van der Waals surface area contributed by atoms with Gasteiger partial charge < -0.3 is 20.3 Å². The zero-order chi connectivity index (χ0) is 26.0. The number of anilines is 1. The Balaban J connectivity index is 1.80. The molecule has 3 N–H and O–H groups in total. The number of aromatic nitrogens is 1. The van der Waals surface area contributed by atoms with Crippen molar-refractivity contribution in [3.63, 3.8) is 0 Å². The summed E-state index contributed by atoms with van der Waals surface area (Å²) in [5.41, 5.74) is 2.16. The lowest BCUT2D eigenvalue weighted by Crippen LogP contribution is -2.37. The summed E-state index contributed by atoms with van der Waals surface area (Å²) in [5.74, 6) is -1.88. The van der Waals surface area contributed by atoms with Crippen LogP contribution >= 0.6 is 11.6 Å². The predicted molar refractivity (Wildman–Crippen MR) is 138 cm³/mol. The number of hydrogen-bond donors (Lipinski definition) is 3. The summed E-state index contributed by atoms with van der Waals surface area (Å²) >= 11 is 6.63. The summed E-state index contributed by atoms with van der Waals surface area (Å²) in [5, 5.41) is 14.6. The third-order valence-electron chi connectivity index (χ3n) is 6.12. The Hall–Kier alpha value is -3.91. The second-order valence-corrected chi connectivity index (χ2v) is 9.50. The fourth-order valence-electron chi connectivity index (χ4n) is 4.37. The van der Waals surface area contributed by atoms with Crippen LogP contribution in [0, 0.1) is 5.92 Å². The number of amides is 2. The Morgan fingerprint density at radius 2 is 1.78 bits per heavy atom. The number of benzene rings is 2. The molecule has 186 valence electrons. The lowest BCUT2D eigenvalue weighted by atomic mass is 9.92. The number of nitrogens with one attached hydrogen (secondary N) is 2. The quantitative estimate of drug-likeness (QED) is 0.457. The van der Waals surface area contributed by atoms with Gasteiger partial charge in [0.25, 0.3) is 11.5 Å². The van der Waals surface area contributed by atoms with E-state index in [4.69, 9.17) is 16.7 Å². The van der Waals surface area contributed by atoms with Gasteiger partial charge in [-0.2, -0.15) is 0 Å². The minimum Gasteiger partial charge on any atom is -0.478 e. The number of pyridine rings is 1. The summed E-state index contributed by atoms with van der Waals surface area (Å²) in [6.45, 7) is 4.27. The number of fused-ring (bicyclic) bond motifs is 3. The number of carbonyl (C=O) groups is 3. The number of nitrogens with zero attached hydrogens (tertiary/aromatic N) is 1. The van der Waals surface area contributed by atoms with Crippen molar-refractivity contribution in [3.8, 4) is 11.1 Å². The molecule has 0 fully saturated rings. The van der Waals surface area contributed by atoms with Gasteiger partial charge in [0.1, 0.15) is 11.1 Å². The number of halogens is 1. The van der Waals surface area contributed by atoms with Crippen molar-refractivity contribution in [2.75, 3.05) is 11.9 Å². The minimum absolute atomic E-state index is 0.0392. The molecule has 2 heterocycles. The molecular formula is C27H26ClN3O5. The molecule has 4 rings (SSSR count). The van der Waals surface area contributed by atoms with Crippen LogP contribution in [0.4, 0.5) is 5.69 Å². The third-order valence-corrected chi connectivity index (χ3v) is 6.47. The van der Waals surface area contributed by atoms with E-state index in [9.17, 15) is 19.2 Å². The molecule has 2 amide bonds. The van der Waals surface area contributed by atoms with Gasteiger partial charge >= 0.3 is 5.97 Å². The van der Waals surface area contributed by atoms with Gasteiger partial charge in [-0.25, -0.2) is 4.79 Å². The summed E-state index contributed by atoms with van der Waals surface area (Å²) < 4.78 is 1.23. The topological polar surface area (TPSA) is 118 Å². The first-order chi connectivity index (χ1) is 17.2. The molecule has 1 atom stereocenters. The Labute approximate surface area is 212 Å². The van der Waals surface area contributed by atoms with E-state index in [0.717, 1.165) is 11.1 Å². The molecule has 0 aliphatic carbocycles. The van der Waals surface area contributed by atoms with Gasteiger partial charge in [0.15, 0.2) is 0 Å². The lowest BCUT2D eigenvalue weighted by Gasteiger charge is -2.25. The van der Waals surface area contributed by atoms with E-state index in [0.29, 0.717) is 30.6 Å². The van der Waals surface area contributed by atoms with Gasteiger partial charge in [-0.05, 0) is 54.2 Å². The largest absolute Gasteiger partial charge is 0.478 e. The van der Waals surface area contributed by atoms with Crippen molar-refractivity contribution in [1.82, 2.24) is 9.88 Å². The summed E-state index contributed by atoms with van der Waals surface area (Å²) in [6, 6.07) is 12.3. The van der Waals surface area contributed by atoms with Gasteiger partial charge in [0.05, 0.1) is 11.1 Å². The monoisotopic (exact) mass is 507 g/mol. The molecule has 8 nitrogen and oxygen atoms in total. The summed E-state index contributed by atoms with van der Waals surface area (Å²) in [6.07, 6.45) is 2.33. The number of carbonyl (C=O) groups excluding carboxylic acids is 2. The van der Waals surface area contributed by atoms with Crippen molar-refractivity contribution in [2.24, 2.45) is 5.92 Å². The van der Waals surface area contributed by atoms with Crippen LogP contribution in [0.1, 0.15) is 52.6 Å². The first-order valence-corrected chi connectivity index (χ1v) is 12.0. The van der Waals surface area contributed by atoms with Gasteiger partial charge in [-0.1, -0.05) is 49.7 Å². The first kappa shape index (κ1) is 25.2. The normalized spacial score (nSPS) is 13.6. The minimum atomic E-state index is -1.08. The molecule has 0 radical (unpaired) electrons. The Bertz CT molecular complexity index is 1400. The molecule has 1 unspecified atom stereocenters. The number of carboxylic acid groups (broad SMARTS) is 1. The van der Waals surface area contributed by atoms with E-state index in [1.54, 1.807) is 0 Å². The van der Waals surface area contributed by atoms with Crippen LogP contribution in [0.5, 0.6) is 0 Å². The highest BCUT2D eigenvalue weighted by Crippen LogP contribution is 2.34. The van der Waals surface area contributed by atoms with Crippen molar-refractivity contribution in [2.45, 2.75) is 32.7 Å². The van der Waals surface area contributed by atoms with Gasteiger partial charge in [-0.3, -0.25) is 14.4 Å². The molecule has 9 heteroatoms.